The highest BCUT2D eigenvalue weighted by atomic mass is 35.5. The van der Waals surface area contributed by atoms with Crippen LogP contribution in [0.2, 0.25) is 10.0 Å². The van der Waals surface area contributed by atoms with Crippen LogP contribution < -0.4 is 10.3 Å². The highest BCUT2D eigenvalue weighted by molar-refractivity contribution is 7.90. The number of hydrogen-bond acceptors (Lipinski definition) is 5. The molecule has 5 N–H and O–H groups in total. The third-order valence-electron chi connectivity index (χ3n) is 4.91. The molecule has 0 atom stereocenters. The molecule has 3 aromatic rings. The van der Waals surface area contributed by atoms with Crippen molar-refractivity contribution < 1.29 is 21.9 Å². The Morgan fingerprint density at radius 3 is 1.74 bits per heavy atom. The van der Waals surface area contributed by atoms with Gasteiger partial charge in [-0.05, 0) is 54.3 Å². The van der Waals surface area contributed by atoms with E-state index in [4.69, 9.17) is 33.5 Å². The van der Waals surface area contributed by atoms with Crippen LogP contribution in [0.5, 0.6) is 5.75 Å². The zero-order valence-corrected chi connectivity index (χ0v) is 19.5. The van der Waals surface area contributed by atoms with Gasteiger partial charge in [0.25, 0.3) is 0 Å². The quantitative estimate of drug-likeness (QED) is 0.497. The summed E-state index contributed by atoms with van der Waals surface area (Å²) in [6, 6.07) is 10.4. The van der Waals surface area contributed by atoms with Crippen LogP contribution in [-0.4, -0.2) is 21.9 Å². The molecule has 164 valence electrons. The Hall–Kier alpha value is -2.14. The molecule has 0 amide bonds. The first-order chi connectivity index (χ1) is 14.2. The van der Waals surface area contributed by atoms with Crippen molar-refractivity contribution in [1.82, 2.24) is 0 Å². The average Bonchev–Trinajstić information content (AvgIpc) is 2.64. The second kappa shape index (κ2) is 8.09. The fourth-order valence-electron chi connectivity index (χ4n) is 3.36. The Kier molecular flexibility index (Phi) is 6.13. The minimum Gasteiger partial charge on any atom is -0.506 e. The first-order valence-electron chi connectivity index (χ1n) is 8.71. The number of nitrogens with two attached hydrogens (primary N) is 2. The summed E-state index contributed by atoms with van der Waals surface area (Å²) in [7, 11) is -9.10. The third kappa shape index (κ3) is 4.30. The number of aromatic hydroxyl groups is 1. The Bertz CT molecular complexity index is 1440. The predicted octanol–water partition coefficient (Wildman–Crippen LogP) is 3.94. The molecule has 0 heterocycles. The maximum Gasteiger partial charge on any atom is 0.242 e. The van der Waals surface area contributed by atoms with Crippen LogP contribution in [0, 0.1) is 13.8 Å². The maximum absolute atomic E-state index is 12.6. The second-order valence-corrected chi connectivity index (χ2v) is 10.7. The number of phenolic OH excluding ortho intramolecular Hbond substituents is 1. The third-order valence-corrected chi connectivity index (χ3v) is 7.63. The summed E-state index contributed by atoms with van der Waals surface area (Å²) < 4.78 is 50.3. The number of halogens is 2. The first kappa shape index (κ1) is 23.5. The van der Waals surface area contributed by atoms with Gasteiger partial charge in [0.2, 0.25) is 20.0 Å². The molecule has 7 nitrogen and oxygen atoms in total. The molecule has 0 aliphatic carbocycles. The summed E-state index contributed by atoms with van der Waals surface area (Å²) >= 11 is 12.3. The second-order valence-electron chi connectivity index (χ2n) is 6.89. The molecule has 11 heteroatoms. The molecule has 0 saturated heterocycles. The largest absolute Gasteiger partial charge is 0.506 e. The van der Waals surface area contributed by atoms with Crippen LogP contribution in [-0.2, 0) is 20.0 Å². The topological polar surface area (TPSA) is 141 Å². The van der Waals surface area contributed by atoms with Gasteiger partial charge in [-0.1, -0.05) is 47.5 Å². The first-order valence-corrected chi connectivity index (χ1v) is 12.6. The van der Waals surface area contributed by atoms with Gasteiger partial charge in [0, 0.05) is 21.2 Å². The van der Waals surface area contributed by atoms with Gasteiger partial charge in [0.05, 0.1) is 4.90 Å². The van der Waals surface area contributed by atoms with Crippen LogP contribution >= 0.6 is 23.2 Å². The summed E-state index contributed by atoms with van der Waals surface area (Å²) in [5, 5.41) is 22.5. The van der Waals surface area contributed by atoms with E-state index < -0.39 is 35.6 Å². The van der Waals surface area contributed by atoms with Gasteiger partial charge < -0.3 is 5.11 Å². The molecule has 0 unspecified atom stereocenters. The monoisotopic (exact) mass is 500 g/mol. The lowest BCUT2D eigenvalue weighted by molar-refractivity contribution is 0.460. The fourth-order valence-corrected chi connectivity index (χ4v) is 5.44. The Morgan fingerprint density at radius 1 is 0.774 bits per heavy atom. The van der Waals surface area contributed by atoms with Crippen molar-refractivity contribution in [2.45, 2.75) is 23.6 Å². The van der Waals surface area contributed by atoms with E-state index in [-0.39, 0.29) is 21.7 Å². The van der Waals surface area contributed by atoms with Crippen LogP contribution in [0.3, 0.4) is 0 Å². The number of hydrogen-bond donors (Lipinski definition) is 3. The molecule has 3 rings (SSSR count). The van der Waals surface area contributed by atoms with Gasteiger partial charge in [-0.2, -0.15) is 0 Å². The Morgan fingerprint density at radius 2 is 1.26 bits per heavy atom. The van der Waals surface area contributed by atoms with Crippen molar-refractivity contribution in [3.63, 3.8) is 0 Å². The number of sulfonamides is 2. The molecule has 0 fully saturated rings. The summed E-state index contributed by atoms with van der Waals surface area (Å²) in [6.07, 6.45) is 0. The molecule has 0 radical (unpaired) electrons. The molecule has 0 saturated carbocycles. The summed E-state index contributed by atoms with van der Waals surface area (Å²) in [6.45, 7) is 3.21. The maximum atomic E-state index is 12.6. The molecular formula is C20H18Cl2N2O5S2. The molecule has 0 aromatic heterocycles. The highest BCUT2D eigenvalue weighted by Gasteiger charge is 2.32. The molecule has 0 spiro atoms. The lowest BCUT2D eigenvalue weighted by Gasteiger charge is -2.20. The minimum atomic E-state index is -4.62. The zero-order chi connectivity index (χ0) is 23.3. The van der Waals surface area contributed by atoms with Crippen molar-refractivity contribution in [1.29, 1.82) is 0 Å². The average molecular weight is 501 g/mol. The van der Waals surface area contributed by atoms with E-state index in [9.17, 15) is 21.9 Å². The Balaban J connectivity index is 2.64. The van der Waals surface area contributed by atoms with Crippen molar-refractivity contribution in [3.05, 3.63) is 63.6 Å². The van der Waals surface area contributed by atoms with Gasteiger partial charge in [0.15, 0.2) is 0 Å². The van der Waals surface area contributed by atoms with Gasteiger partial charge in [-0.3, -0.25) is 0 Å². The van der Waals surface area contributed by atoms with E-state index in [0.29, 0.717) is 21.7 Å². The number of benzene rings is 3. The van der Waals surface area contributed by atoms with Crippen LogP contribution in [0.1, 0.15) is 11.1 Å². The molecule has 0 bridgehead atoms. The molecule has 31 heavy (non-hydrogen) atoms. The van der Waals surface area contributed by atoms with Crippen molar-refractivity contribution in [2.75, 3.05) is 0 Å². The van der Waals surface area contributed by atoms with E-state index >= 15 is 0 Å². The van der Waals surface area contributed by atoms with E-state index in [0.717, 1.165) is 6.07 Å². The lowest BCUT2D eigenvalue weighted by atomic mass is 9.94. The van der Waals surface area contributed by atoms with E-state index in [2.05, 4.69) is 0 Å². The van der Waals surface area contributed by atoms with Crippen molar-refractivity contribution >= 4 is 43.2 Å². The molecule has 0 aliphatic rings. The SMILES string of the molecule is Cc1c(Cl)cccc1-c1cc(S(N)(=O)=O)c(-c2cccc(Cl)c2C)c(S(N)(=O)=O)c1O. The fraction of sp³-hybridized carbons (Fsp3) is 0.100. The predicted molar refractivity (Wildman–Crippen MR) is 121 cm³/mol. The van der Waals surface area contributed by atoms with Gasteiger partial charge in [0.1, 0.15) is 10.6 Å². The highest BCUT2D eigenvalue weighted by Crippen LogP contribution is 2.46. The van der Waals surface area contributed by atoms with Gasteiger partial charge in [-0.15, -0.1) is 0 Å². The molecule has 0 aliphatic heterocycles. The molecule has 3 aromatic carbocycles. The summed E-state index contributed by atoms with van der Waals surface area (Å²) in [5.41, 5.74) is 0.874. The lowest BCUT2D eigenvalue weighted by Crippen LogP contribution is -2.19. The summed E-state index contributed by atoms with van der Waals surface area (Å²) in [5.74, 6) is -0.727. The standard InChI is InChI=1S/C20H18Cl2N2O5S2/c1-10-12(5-3-7-15(10)21)14-9-17(30(23,26)27)18(20(19(14)25)31(24,28)29)13-6-4-8-16(22)11(13)2/h3-9,25H,1-2H3,(H2,23,26,27)(H2,24,28,29). The Labute approximate surface area is 190 Å². The zero-order valence-electron chi connectivity index (χ0n) is 16.3. The van der Waals surface area contributed by atoms with Crippen molar-refractivity contribution in [2.24, 2.45) is 10.3 Å². The minimum absolute atomic E-state index is 0.100. The normalized spacial score (nSPS) is 12.2. The summed E-state index contributed by atoms with van der Waals surface area (Å²) in [4.78, 5) is -1.31. The number of phenols is 1. The molecular weight excluding hydrogens is 483 g/mol. The number of rotatable bonds is 4. The van der Waals surface area contributed by atoms with Crippen LogP contribution in [0.4, 0.5) is 0 Å². The van der Waals surface area contributed by atoms with Crippen LogP contribution in [0.15, 0.2) is 52.3 Å². The van der Waals surface area contributed by atoms with Gasteiger partial charge >= 0.3 is 0 Å². The number of primary sulfonamides is 2. The van der Waals surface area contributed by atoms with E-state index in [1.54, 1.807) is 38.1 Å². The van der Waals surface area contributed by atoms with Crippen molar-refractivity contribution in [3.8, 4) is 28.0 Å². The van der Waals surface area contributed by atoms with Crippen LogP contribution in [0.25, 0.3) is 22.3 Å². The smallest absolute Gasteiger partial charge is 0.242 e. The van der Waals surface area contributed by atoms with E-state index in [1.165, 1.54) is 12.1 Å². The van der Waals surface area contributed by atoms with E-state index in [1.807, 2.05) is 0 Å². The van der Waals surface area contributed by atoms with Gasteiger partial charge in [-0.25, -0.2) is 27.1 Å².